The molecule has 17 heavy (non-hydrogen) atoms. The maximum Gasteiger partial charge on any atom is 0.310 e. The lowest BCUT2D eigenvalue weighted by molar-refractivity contribution is -0.138. The molecule has 0 aliphatic carbocycles. The summed E-state index contributed by atoms with van der Waals surface area (Å²) in [7, 11) is 2.52. The Morgan fingerprint density at radius 3 is 2.41 bits per heavy atom. The summed E-state index contributed by atoms with van der Waals surface area (Å²) in [5.74, 6) is -4.22. The number of carboxylic acids is 1. The number of aromatic hydroxyl groups is 1. The van der Waals surface area contributed by atoms with Crippen LogP contribution in [0.5, 0.6) is 17.2 Å². The Labute approximate surface area is 97.4 Å². The average Bonchev–Trinajstić information content (AvgIpc) is 2.31. The Kier molecular flexibility index (Phi) is 3.77. The van der Waals surface area contributed by atoms with Crippen LogP contribution in [0.2, 0.25) is 0 Å². The van der Waals surface area contributed by atoms with Gasteiger partial charge >= 0.3 is 5.97 Å². The molecule has 94 valence electrons. The largest absolute Gasteiger partial charge is 0.505 e. The number of carbonyl (C=O) groups is 1. The molecule has 1 unspecified atom stereocenters. The van der Waals surface area contributed by atoms with E-state index in [1.54, 1.807) is 0 Å². The van der Waals surface area contributed by atoms with Crippen LogP contribution in [-0.4, -0.2) is 30.4 Å². The summed E-state index contributed by atoms with van der Waals surface area (Å²) in [5.41, 5.74) is -0.0624. The fourth-order valence-corrected chi connectivity index (χ4v) is 1.42. The van der Waals surface area contributed by atoms with Crippen LogP contribution in [0.25, 0.3) is 0 Å². The second kappa shape index (κ2) is 4.90. The highest BCUT2D eigenvalue weighted by Crippen LogP contribution is 2.40. The maximum absolute atomic E-state index is 13.7. The number of rotatable bonds is 4. The van der Waals surface area contributed by atoms with Crippen molar-refractivity contribution >= 4 is 5.97 Å². The summed E-state index contributed by atoms with van der Waals surface area (Å²) in [6.07, 6.45) is 0. The predicted octanol–water partition coefficient (Wildman–Crippen LogP) is 1.74. The van der Waals surface area contributed by atoms with E-state index in [1.165, 1.54) is 27.2 Å². The van der Waals surface area contributed by atoms with Crippen molar-refractivity contribution in [2.75, 3.05) is 14.2 Å². The quantitative estimate of drug-likeness (QED) is 0.843. The van der Waals surface area contributed by atoms with E-state index >= 15 is 0 Å². The van der Waals surface area contributed by atoms with Gasteiger partial charge < -0.3 is 19.7 Å². The molecule has 6 heteroatoms. The average molecular weight is 244 g/mol. The minimum atomic E-state index is -1.17. The summed E-state index contributed by atoms with van der Waals surface area (Å²) < 4.78 is 23.3. The van der Waals surface area contributed by atoms with Crippen LogP contribution in [0.3, 0.4) is 0 Å². The van der Waals surface area contributed by atoms with Gasteiger partial charge in [0.05, 0.1) is 20.1 Å². The molecule has 0 spiro atoms. The molecule has 1 aromatic carbocycles. The summed E-state index contributed by atoms with van der Waals surface area (Å²) in [4.78, 5) is 10.8. The van der Waals surface area contributed by atoms with Gasteiger partial charge in [0.15, 0.2) is 11.5 Å². The number of hydrogen-bond acceptors (Lipinski definition) is 4. The molecule has 0 fully saturated rings. The van der Waals surface area contributed by atoms with Gasteiger partial charge in [-0.25, -0.2) is 0 Å². The molecule has 0 bridgehead atoms. The molecule has 0 saturated heterocycles. The summed E-state index contributed by atoms with van der Waals surface area (Å²) >= 11 is 0. The van der Waals surface area contributed by atoms with Crippen LogP contribution < -0.4 is 9.47 Å². The fourth-order valence-electron chi connectivity index (χ4n) is 1.42. The van der Waals surface area contributed by atoms with Crippen LogP contribution in [0.4, 0.5) is 4.39 Å². The van der Waals surface area contributed by atoms with E-state index in [9.17, 15) is 14.3 Å². The van der Waals surface area contributed by atoms with Gasteiger partial charge in [0, 0.05) is 5.56 Å². The smallest absolute Gasteiger partial charge is 0.310 e. The third kappa shape index (κ3) is 2.25. The van der Waals surface area contributed by atoms with E-state index in [1.807, 2.05) is 0 Å². The molecule has 5 nitrogen and oxygen atoms in total. The molecule has 1 aromatic rings. The summed E-state index contributed by atoms with van der Waals surface area (Å²) in [6, 6.07) is 1.25. The van der Waals surface area contributed by atoms with Crippen LogP contribution in [-0.2, 0) is 4.79 Å². The molecular formula is C11H13FO5. The Balaban J connectivity index is 3.44. The molecule has 0 radical (unpaired) electrons. The first kappa shape index (κ1) is 13.1. The van der Waals surface area contributed by atoms with E-state index in [4.69, 9.17) is 14.6 Å². The van der Waals surface area contributed by atoms with Gasteiger partial charge in [-0.1, -0.05) is 0 Å². The topological polar surface area (TPSA) is 76.0 Å². The van der Waals surface area contributed by atoms with Crippen molar-refractivity contribution in [2.24, 2.45) is 0 Å². The van der Waals surface area contributed by atoms with Gasteiger partial charge in [-0.3, -0.25) is 4.79 Å². The van der Waals surface area contributed by atoms with Crippen molar-refractivity contribution in [3.05, 3.63) is 17.4 Å². The maximum atomic E-state index is 13.7. The highest BCUT2D eigenvalue weighted by molar-refractivity contribution is 5.77. The Morgan fingerprint density at radius 2 is 2.00 bits per heavy atom. The third-order valence-corrected chi connectivity index (χ3v) is 2.45. The number of hydrogen-bond donors (Lipinski definition) is 2. The van der Waals surface area contributed by atoms with Crippen molar-refractivity contribution in [1.29, 1.82) is 0 Å². The zero-order valence-corrected chi connectivity index (χ0v) is 9.65. The van der Waals surface area contributed by atoms with E-state index in [0.29, 0.717) is 0 Å². The van der Waals surface area contributed by atoms with Crippen molar-refractivity contribution in [2.45, 2.75) is 12.8 Å². The van der Waals surface area contributed by atoms with E-state index in [0.717, 1.165) is 0 Å². The van der Waals surface area contributed by atoms with Gasteiger partial charge in [0.25, 0.3) is 0 Å². The van der Waals surface area contributed by atoms with Gasteiger partial charge in [0.1, 0.15) is 0 Å². The normalized spacial score (nSPS) is 12.0. The predicted molar refractivity (Wildman–Crippen MR) is 57.2 cm³/mol. The monoisotopic (exact) mass is 244 g/mol. The molecule has 0 aliphatic heterocycles. The number of benzene rings is 1. The van der Waals surface area contributed by atoms with Crippen molar-refractivity contribution in [3.8, 4) is 17.2 Å². The molecule has 1 atom stereocenters. The van der Waals surface area contributed by atoms with E-state index in [2.05, 4.69) is 0 Å². The highest BCUT2D eigenvalue weighted by Gasteiger charge is 2.25. The number of phenolic OH excluding ortho intramolecular Hbond substituents is 1. The second-order valence-corrected chi connectivity index (χ2v) is 3.42. The van der Waals surface area contributed by atoms with Crippen molar-refractivity contribution < 1.29 is 28.9 Å². The third-order valence-electron chi connectivity index (χ3n) is 2.45. The van der Waals surface area contributed by atoms with Gasteiger partial charge in [-0.05, 0) is 13.0 Å². The molecule has 1 rings (SSSR count). The number of phenols is 1. The second-order valence-electron chi connectivity index (χ2n) is 3.42. The number of carboxylic acid groups (broad SMARTS) is 1. The molecule has 0 saturated carbocycles. The zero-order chi connectivity index (χ0) is 13.2. The van der Waals surface area contributed by atoms with E-state index in [-0.39, 0.29) is 17.1 Å². The van der Waals surface area contributed by atoms with Gasteiger partial charge in [0.2, 0.25) is 11.6 Å². The molecule has 0 aromatic heterocycles. The molecule has 0 aliphatic rings. The van der Waals surface area contributed by atoms with Crippen LogP contribution >= 0.6 is 0 Å². The number of halogens is 1. The SMILES string of the molecule is COc1cc(C(C)C(=O)O)c(O)c(F)c1OC. The lowest BCUT2D eigenvalue weighted by atomic mass is 9.99. The lowest BCUT2D eigenvalue weighted by Crippen LogP contribution is -2.09. The standard InChI is InChI=1S/C11H13FO5/c1-5(11(14)15)6-4-7(16-2)10(17-3)8(12)9(6)13/h4-5,13H,1-3H3,(H,14,15). The number of methoxy groups -OCH3 is 2. The Morgan fingerprint density at radius 1 is 1.41 bits per heavy atom. The van der Waals surface area contributed by atoms with Crippen LogP contribution in [0.15, 0.2) is 6.07 Å². The molecule has 2 N–H and O–H groups in total. The minimum Gasteiger partial charge on any atom is -0.505 e. The summed E-state index contributed by atoms with van der Waals surface area (Å²) in [6.45, 7) is 1.34. The molecular weight excluding hydrogens is 231 g/mol. The fraction of sp³-hybridized carbons (Fsp3) is 0.364. The zero-order valence-electron chi connectivity index (χ0n) is 9.65. The number of aliphatic carboxylic acids is 1. The lowest BCUT2D eigenvalue weighted by Gasteiger charge is -2.15. The van der Waals surface area contributed by atoms with Crippen LogP contribution in [0.1, 0.15) is 18.4 Å². The van der Waals surface area contributed by atoms with Crippen molar-refractivity contribution in [3.63, 3.8) is 0 Å². The number of ether oxygens (including phenoxy) is 2. The van der Waals surface area contributed by atoms with Crippen LogP contribution in [0, 0.1) is 5.82 Å². The molecule has 0 amide bonds. The Hall–Kier alpha value is -1.98. The first-order chi connectivity index (χ1) is 7.93. The molecule has 0 heterocycles. The first-order valence-corrected chi connectivity index (χ1v) is 4.80. The van der Waals surface area contributed by atoms with Gasteiger partial charge in [-0.2, -0.15) is 4.39 Å². The minimum absolute atomic E-state index is 0.0332. The van der Waals surface area contributed by atoms with E-state index < -0.39 is 23.5 Å². The summed E-state index contributed by atoms with van der Waals surface area (Å²) in [5, 5.41) is 18.4. The highest BCUT2D eigenvalue weighted by atomic mass is 19.1. The Bertz CT molecular complexity index is 444. The van der Waals surface area contributed by atoms with Gasteiger partial charge in [-0.15, -0.1) is 0 Å². The first-order valence-electron chi connectivity index (χ1n) is 4.80. The van der Waals surface area contributed by atoms with Crippen molar-refractivity contribution in [1.82, 2.24) is 0 Å².